The average molecular weight is 354 g/mol. The maximum atomic E-state index is 12.7. The summed E-state index contributed by atoms with van der Waals surface area (Å²) in [5.74, 6) is 0.242. The van der Waals surface area contributed by atoms with Crippen molar-refractivity contribution in [1.29, 1.82) is 0 Å². The highest BCUT2D eigenvalue weighted by Gasteiger charge is 2.18. The lowest BCUT2D eigenvalue weighted by Crippen LogP contribution is -2.29. The molecule has 6 nitrogen and oxygen atoms in total. The predicted octanol–water partition coefficient (Wildman–Crippen LogP) is 3.49. The molecule has 1 fully saturated rings. The Hall–Kier alpha value is -2.50. The molecule has 1 saturated carbocycles. The molecule has 1 amide bonds. The lowest BCUT2D eigenvalue weighted by atomic mass is 9.89. The van der Waals surface area contributed by atoms with Crippen molar-refractivity contribution in [2.75, 3.05) is 0 Å². The molecule has 1 aliphatic rings. The number of aromatic nitrogens is 2. The van der Waals surface area contributed by atoms with Crippen LogP contribution in [0.15, 0.2) is 34.2 Å². The second-order valence-corrected chi connectivity index (χ2v) is 7.10. The monoisotopic (exact) mass is 354 g/mol. The molecule has 0 spiro atoms. The van der Waals surface area contributed by atoms with Gasteiger partial charge in [0.05, 0.1) is 5.39 Å². The first-order chi connectivity index (χ1) is 12.6. The Kier molecular flexibility index (Phi) is 5.81. The fraction of sp³-hybridized carbons (Fsp3) is 0.500. The van der Waals surface area contributed by atoms with Gasteiger partial charge in [0.25, 0.3) is 11.5 Å². The van der Waals surface area contributed by atoms with Crippen LogP contribution >= 0.6 is 0 Å². The third-order valence-electron chi connectivity index (χ3n) is 4.87. The summed E-state index contributed by atoms with van der Waals surface area (Å²) in [4.78, 5) is 25.3. The van der Waals surface area contributed by atoms with Gasteiger partial charge in [-0.2, -0.15) is 10.2 Å². The summed E-state index contributed by atoms with van der Waals surface area (Å²) >= 11 is 0. The number of fused-ring (bicyclic) bond motifs is 1. The third-order valence-corrected chi connectivity index (χ3v) is 4.87. The Morgan fingerprint density at radius 3 is 2.85 bits per heavy atom. The molecule has 1 aliphatic carbocycles. The maximum Gasteiger partial charge on any atom is 0.292 e. The van der Waals surface area contributed by atoms with Crippen LogP contribution in [0.5, 0.6) is 0 Å². The fourth-order valence-electron chi connectivity index (χ4n) is 3.41. The lowest BCUT2D eigenvalue weighted by Gasteiger charge is -2.19. The molecule has 26 heavy (non-hydrogen) atoms. The van der Waals surface area contributed by atoms with Crippen LogP contribution in [0.1, 0.15) is 62.9 Å². The molecular formula is C20H26N4O2. The number of nitrogens with one attached hydrogen (secondary N) is 1. The van der Waals surface area contributed by atoms with Crippen LogP contribution in [0.2, 0.25) is 0 Å². The molecule has 1 heterocycles. The topological polar surface area (TPSA) is 76.3 Å². The number of benzene rings is 1. The smallest absolute Gasteiger partial charge is 0.267 e. The molecule has 1 aromatic heterocycles. The van der Waals surface area contributed by atoms with E-state index in [1.165, 1.54) is 11.1 Å². The highest BCUT2D eigenvalue weighted by molar-refractivity contribution is 6.05. The number of hydrogen-bond donors (Lipinski definition) is 1. The minimum absolute atomic E-state index is 0.155. The van der Waals surface area contributed by atoms with Crippen molar-refractivity contribution < 1.29 is 4.79 Å². The van der Waals surface area contributed by atoms with Crippen molar-refractivity contribution in [3.63, 3.8) is 0 Å². The zero-order chi connectivity index (χ0) is 18.5. The Labute approximate surface area is 153 Å². The third kappa shape index (κ3) is 4.00. The van der Waals surface area contributed by atoms with Crippen LogP contribution in [0, 0.1) is 5.92 Å². The number of rotatable bonds is 5. The van der Waals surface area contributed by atoms with Gasteiger partial charge in [0.15, 0.2) is 5.69 Å². The van der Waals surface area contributed by atoms with Crippen LogP contribution in [0.25, 0.3) is 10.8 Å². The van der Waals surface area contributed by atoms with Gasteiger partial charge in [-0.15, -0.1) is 0 Å². The molecule has 1 atom stereocenters. The number of hydrazone groups is 1. The molecule has 0 unspecified atom stereocenters. The van der Waals surface area contributed by atoms with Crippen molar-refractivity contribution >= 4 is 22.4 Å². The molecule has 3 rings (SSSR count). The van der Waals surface area contributed by atoms with E-state index in [0.717, 1.165) is 37.8 Å². The molecular weight excluding hydrogens is 328 g/mol. The molecule has 1 aromatic carbocycles. The average Bonchev–Trinajstić information content (AvgIpc) is 2.66. The second-order valence-electron chi connectivity index (χ2n) is 7.10. The minimum atomic E-state index is -0.364. The largest absolute Gasteiger partial charge is 0.292 e. The number of amides is 1. The summed E-state index contributed by atoms with van der Waals surface area (Å²) in [6.45, 7) is 4.77. The number of carbonyl (C=O) groups is 1. The van der Waals surface area contributed by atoms with Crippen LogP contribution in [0.4, 0.5) is 0 Å². The summed E-state index contributed by atoms with van der Waals surface area (Å²) in [6, 6.07) is 7.12. The van der Waals surface area contributed by atoms with Gasteiger partial charge < -0.3 is 0 Å². The van der Waals surface area contributed by atoms with Crippen LogP contribution in [-0.4, -0.2) is 21.4 Å². The van der Waals surface area contributed by atoms with Crippen LogP contribution in [-0.2, 0) is 6.54 Å². The molecule has 2 aromatic rings. The zero-order valence-electron chi connectivity index (χ0n) is 15.5. The normalized spacial score (nSPS) is 19.0. The summed E-state index contributed by atoms with van der Waals surface area (Å²) in [7, 11) is 0. The van der Waals surface area contributed by atoms with E-state index in [1.54, 1.807) is 18.2 Å². The summed E-state index contributed by atoms with van der Waals surface area (Å²) < 4.78 is 1.40. The van der Waals surface area contributed by atoms with Crippen LogP contribution in [0.3, 0.4) is 0 Å². The van der Waals surface area contributed by atoms with Gasteiger partial charge in [0.1, 0.15) is 0 Å². The highest BCUT2D eigenvalue weighted by atomic mass is 16.2. The quantitative estimate of drug-likeness (QED) is 0.835. The van der Waals surface area contributed by atoms with Crippen molar-refractivity contribution in [3.05, 3.63) is 40.3 Å². The SMILES string of the molecule is CCCCn1nc(C(=O)N/N=C2/CCC[C@H](C)C2)c2ccccc2c1=O. The molecule has 0 saturated heterocycles. The Morgan fingerprint density at radius 1 is 1.35 bits per heavy atom. The van der Waals surface area contributed by atoms with Gasteiger partial charge in [-0.05, 0) is 44.1 Å². The fourth-order valence-corrected chi connectivity index (χ4v) is 3.41. The predicted molar refractivity (Wildman–Crippen MR) is 103 cm³/mol. The van der Waals surface area contributed by atoms with E-state index in [-0.39, 0.29) is 17.2 Å². The van der Waals surface area contributed by atoms with E-state index in [1.807, 2.05) is 6.07 Å². The Morgan fingerprint density at radius 2 is 2.12 bits per heavy atom. The van der Waals surface area contributed by atoms with Crippen molar-refractivity contribution in [3.8, 4) is 0 Å². The lowest BCUT2D eigenvalue weighted by molar-refractivity contribution is 0.0949. The second kappa shape index (κ2) is 8.25. The first-order valence-electron chi connectivity index (χ1n) is 9.45. The molecule has 0 radical (unpaired) electrons. The highest BCUT2D eigenvalue weighted by Crippen LogP contribution is 2.21. The van der Waals surface area contributed by atoms with Gasteiger partial charge in [-0.1, -0.05) is 38.5 Å². The Bertz CT molecular complexity index is 885. The molecule has 0 aliphatic heterocycles. The van der Waals surface area contributed by atoms with Crippen molar-refractivity contribution in [2.24, 2.45) is 11.0 Å². The van der Waals surface area contributed by atoms with E-state index in [0.29, 0.717) is 23.2 Å². The Balaban J connectivity index is 1.92. The molecule has 6 heteroatoms. The molecule has 1 N–H and O–H groups in total. The number of unbranched alkanes of at least 4 members (excludes halogenated alkanes) is 1. The number of aryl methyl sites for hydroxylation is 1. The summed E-state index contributed by atoms with van der Waals surface area (Å²) in [5.41, 5.74) is 3.78. The van der Waals surface area contributed by atoms with Gasteiger partial charge in [0, 0.05) is 17.6 Å². The van der Waals surface area contributed by atoms with Crippen molar-refractivity contribution in [1.82, 2.24) is 15.2 Å². The van der Waals surface area contributed by atoms with Gasteiger partial charge in [0.2, 0.25) is 0 Å². The number of carbonyl (C=O) groups excluding carboxylic acids is 1. The van der Waals surface area contributed by atoms with E-state index in [2.05, 4.69) is 29.5 Å². The van der Waals surface area contributed by atoms with E-state index in [4.69, 9.17) is 0 Å². The van der Waals surface area contributed by atoms with E-state index in [9.17, 15) is 9.59 Å². The molecule has 138 valence electrons. The van der Waals surface area contributed by atoms with E-state index < -0.39 is 0 Å². The van der Waals surface area contributed by atoms with E-state index >= 15 is 0 Å². The van der Waals surface area contributed by atoms with Gasteiger partial charge >= 0.3 is 0 Å². The summed E-state index contributed by atoms with van der Waals surface area (Å²) in [6.07, 6.45) is 5.96. The maximum absolute atomic E-state index is 12.7. The zero-order valence-corrected chi connectivity index (χ0v) is 15.5. The van der Waals surface area contributed by atoms with Gasteiger partial charge in [-0.3, -0.25) is 9.59 Å². The minimum Gasteiger partial charge on any atom is -0.267 e. The molecule has 0 bridgehead atoms. The standard InChI is InChI=1S/C20H26N4O2/c1-3-4-12-24-20(26)17-11-6-5-10-16(17)18(23-24)19(25)22-21-15-9-7-8-14(2)13-15/h5-6,10-11,14H,3-4,7-9,12-13H2,1-2H3,(H,22,25)/b21-15-/t14-/m0/s1. The van der Waals surface area contributed by atoms with Gasteiger partial charge in [-0.25, -0.2) is 10.1 Å². The number of nitrogens with zero attached hydrogens (tertiary/aromatic N) is 3. The van der Waals surface area contributed by atoms with Crippen LogP contribution < -0.4 is 11.0 Å². The van der Waals surface area contributed by atoms with Crippen molar-refractivity contribution in [2.45, 2.75) is 58.9 Å². The number of hydrogen-bond acceptors (Lipinski definition) is 4. The summed E-state index contributed by atoms with van der Waals surface area (Å²) in [5, 5.41) is 9.75. The first kappa shape index (κ1) is 18.3. The first-order valence-corrected chi connectivity index (χ1v) is 9.45.